The number of aromatic nitrogens is 2. The Labute approximate surface area is 169 Å². The van der Waals surface area contributed by atoms with Crippen LogP contribution in [0.1, 0.15) is 29.8 Å². The molecule has 7 heteroatoms. The summed E-state index contributed by atoms with van der Waals surface area (Å²) in [6.45, 7) is 2.21. The van der Waals surface area contributed by atoms with Gasteiger partial charge in [-0.15, -0.1) is 11.3 Å². The second kappa shape index (κ2) is 6.90. The maximum atomic E-state index is 13.1. The van der Waals surface area contributed by atoms with Crippen LogP contribution in [0.15, 0.2) is 48.0 Å². The maximum absolute atomic E-state index is 13.1. The monoisotopic (exact) mass is 411 g/mol. The third-order valence-electron chi connectivity index (χ3n) is 5.26. The molecule has 1 N–H and O–H groups in total. The number of carbonyl (C=O) groups is 1. The molecule has 2 aromatic heterocycles. The van der Waals surface area contributed by atoms with Crippen LogP contribution in [0.25, 0.3) is 15.8 Å². The zero-order valence-corrected chi connectivity index (χ0v) is 16.8. The van der Waals surface area contributed by atoms with Crippen molar-refractivity contribution in [3.63, 3.8) is 0 Å². The number of allylic oxidation sites excluding steroid dienone is 4. The molecule has 1 saturated carbocycles. The number of carbonyl (C=O) groups excluding carboxylic acids is 1. The van der Waals surface area contributed by atoms with Gasteiger partial charge >= 0.3 is 0 Å². The molecule has 0 bridgehead atoms. The van der Waals surface area contributed by atoms with E-state index in [9.17, 15) is 9.18 Å². The Morgan fingerprint density at radius 2 is 2.21 bits per heavy atom. The van der Waals surface area contributed by atoms with Crippen molar-refractivity contribution >= 4 is 49.5 Å². The summed E-state index contributed by atoms with van der Waals surface area (Å²) in [7, 11) is 0. The van der Waals surface area contributed by atoms with Crippen molar-refractivity contribution in [3.8, 4) is 0 Å². The van der Waals surface area contributed by atoms with Gasteiger partial charge in [0.05, 0.1) is 16.1 Å². The molecule has 3 aromatic rings. The third-order valence-corrected chi connectivity index (χ3v) is 7.02. The topological polar surface area (TPSA) is 54.9 Å². The fraction of sp³-hybridized carbons (Fsp3) is 0.286. The van der Waals surface area contributed by atoms with E-state index < -0.39 is 12.1 Å². The summed E-state index contributed by atoms with van der Waals surface area (Å²) in [5.41, 5.74) is 3.21. The number of nitrogens with zero attached hydrogens (tertiary/aromatic N) is 2. The van der Waals surface area contributed by atoms with Crippen LogP contribution in [0.2, 0.25) is 0 Å². The summed E-state index contributed by atoms with van der Waals surface area (Å²) in [4.78, 5) is 20.9. The molecule has 0 aliphatic heterocycles. The first-order valence-electron chi connectivity index (χ1n) is 9.24. The summed E-state index contributed by atoms with van der Waals surface area (Å²) < 4.78 is 14.1. The highest BCUT2D eigenvalue weighted by atomic mass is 32.1. The van der Waals surface area contributed by atoms with Gasteiger partial charge in [-0.2, -0.15) is 0 Å². The molecule has 4 atom stereocenters. The molecular formula is C21H18FN3OS2. The lowest BCUT2D eigenvalue weighted by molar-refractivity contribution is -0.117. The van der Waals surface area contributed by atoms with Crippen LogP contribution in [0.5, 0.6) is 0 Å². The fourth-order valence-electron chi connectivity index (χ4n) is 3.52. The number of halogens is 1. The van der Waals surface area contributed by atoms with Crippen LogP contribution in [-0.4, -0.2) is 22.0 Å². The Morgan fingerprint density at radius 1 is 1.36 bits per heavy atom. The van der Waals surface area contributed by atoms with E-state index in [0.29, 0.717) is 17.5 Å². The smallest absolute Gasteiger partial charge is 0.232 e. The number of alkyl halides is 1. The summed E-state index contributed by atoms with van der Waals surface area (Å²) in [6.07, 6.45) is 7.81. The summed E-state index contributed by atoms with van der Waals surface area (Å²) in [6, 6.07) is 6.24. The summed E-state index contributed by atoms with van der Waals surface area (Å²) >= 11 is 3.08. The number of benzene rings is 1. The zero-order valence-electron chi connectivity index (χ0n) is 15.1. The van der Waals surface area contributed by atoms with Gasteiger partial charge in [-0.3, -0.25) is 4.79 Å². The van der Waals surface area contributed by atoms with E-state index in [1.807, 2.05) is 17.6 Å². The molecule has 5 rings (SSSR count). The molecule has 1 amide bonds. The van der Waals surface area contributed by atoms with Gasteiger partial charge in [0.1, 0.15) is 11.2 Å². The van der Waals surface area contributed by atoms with Crippen LogP contribution in [0.4, 0.5) is 9.52 Å². The highest BCUT2D eigenvalue weighted by molar-refractivity contribution is 7.22. The van der Waals surface area contributed by atoms with E-state index in [-0.39, 0.29) is 11.8 Å². The van der Waals surface area contributed by atoms with Crippen molar-refractivity contribution in [2.24, 2.45) is 11.8 Å². The molecule has 4 nitrogen and oxygen atoms in total. The molecule has 2 unspecified atom stereocenters. The maximum Gasteiger partial charge on any atom is 0.232 e. The molecule has 0 saturated heterocycles. The highest BCUT2D eigenvalue weighted by Gasteiger charge is 2.43. The third kappa shape index (κ3) is 3.29. The number of amides is 1. The fourth-order valence-corrected chi connectivity index (χ4v) is 5.08. The molecule has 0 spiro atoms. The van der Waals surface area contributed by atoms with Crippen molar-refractivity contribution in [3.05, 3.63) is 58.6 Å². The zero-order chi connectivity index (χ0) is 19.3. The Hall–Kier alpha value is -2.38. The minimum Gasteiger partial charge on any atom is -0.302 e. The van der Waals surface area contributed by atoms with Gasteiger partial charge in [0.25, 0.3) is 0 Å². The standard InChI is InChI=1S/C21H18FN3OS2/c1-11-2-3-13(20-23-6-7-27-20)8-14(11)12-4-5-17-18(9-12)28-21(24-17)25-19(26)15-10-16(15)22/h2-9,11,14-16H,10H2,1H3,(H,24,25,26)/t11?,14?,15-,16+/m1/s1. The van der Waals surface area contributed by atoms with Crippen molar-refractivity contribution in [2.45, 2.75) is 25.4 Å². The van der Waals surface area contributed by atoms with E-state index in [2.05, 4.69) is 52.6 Å². The molecule has 1 fully saturated rings. The van der Waals surface area contributed by atoms with Crippen LogP contribution in [0, 0.1) is 11.8 Å². The number of hydrogen-bond acceptors (Lipinski definition) is 5. The lowest BCUT2D eigenvalue weighted by atomic mass is 9.82. The quantitative estimate of drug-likeness (QED) is 0.623. The Morgan fingerprint density at radius 3 is 2.96 bits per heavy atom. The average Bonchev–Trinajstić information content (AvgIpc) is 3.09. The molecule has 2 heterocycles. The Balaban J connectivity index is 1.42. The predicted octanol–water partition coefficient (Wildman–Crippen LogP) is 5.42. The highest BCUT2D eigenvalue weighted by Crippen LogP contribution is 2.39. The summed E-state index contributed by atoms with van der Waals surface area (Å²) in [5, 5.41) is 6.31. The van der Waals surface area contributed by atoms with E-state index in [0.717, 1.165) is 20.8 Å². The van der Waals surface area contributed by atoms with Gasteiger partial charge in [-0.05, 0) is 30.0 Å². The van der Waals surface area contributed by atoms with E-state index in [1.54, 1.807) is 11.3 Å². The lowest BCUT2D eigenvalue weighted by Crippen LogP contribution is -2.14. The molecule has 0 radical (unpaired) electrons. The van der Waals surface area contributed by atoms with Gasteiger partial charge in [-0.25, -0.2) is 14.4 Å². The van der Waals surface area contributed by atoms with Gasteiger partial charge in [-0.1, -0.05) is 42.6 Å². The molecule has 2 aliphatic carbocycles. The number of rotatable bonds is 4. The normalized spacial score (nSPS) is 26.3. The van der Waals surface area contributed by atoms with Gasteiger partial charge < -0.3 is 5.32 Å². The Bertz CT molecular complexity index is 1100. The summed E-state index contributed by atoms with van der Waals surface area (Å²) in [5.74, 6) is -0.141. The molecule has 142 valence electrons. The average molecular weight is 412 g/mol. The molecular weight excluding hydrogens is 393 g/mol. The second-order valence-corrected chi connectivity index (χ2v) is 9.22. The first-order valence-corrected chi connectivity index (χ1v) is 10.9. The molecule has 2 aliphatic rings. The second-order valence-electron chi connectivity index (χ2n) is 7.30. The van der Waals surface area contributed by atoms with Crippen LogP contribution in [0.3, 0.4) is 0 Å². The molecule has 1 aromatic carbocycles. The van der Waals surface area contributed by atoms with Crippen LogP contribution in [-0.2, 0) is 4.79 Å². The van der Waals surface area contributed by atoms with Gasteiger partial charge in [0.2, 0.25) is 5.91 Å². The number of hydrogen-bond donors (Lipinski definition) is 1. The minimum absolute atomic E-state index is 0.257. The van der Waals surface area contributed by atoms with Crippen molar-refractivity contribution in [1.82, 2.24) is 9.97 Å². The van der Waals surface area contributed by atoms with Crippen molar-refractivity contribution in [2.75, 3.05) is 5.32 Å². The first kappa shape index (κ1) is 17.7. The van der Waals surface area contributed by atoms with E-state index in [4.69, 9.17) is 0 Å². The number of anilines is 1. The van der Waals surface area contributed by atoms with Gasteiger partial charge in [0.15, 0.2) is 5.13 Å². The number of fused-ring (bicyclic) bond motifs is 1. The van der Waals surface area contributed by atoms with E-state index >= 15 is 0 Å². The predicted molar refractivity (Wildman–Crippen MR) is 112 cm³/mol. The minimum atomic E-state index is -0.999. The van der Waals surface area contributed by atoms with Crippen LogP contribution >= 0.6 is 22.7 Å². The first-order chi connectivity index (χ1) is 13.6. The van der Waals surface area contributed by atoms with Crippen molar-refractivity contribution < 1.29 is 9.18 Å². The number of thiazole rings is 2. The Kier molecular flexibility index (Phi) is 4.36. The lowest BCUT2D eigenvalue weighted by Gasteiger charge is -2.23. The van der Waals surface area contributed by atoms with Gasteiger partial charge in [0, 0.05) is 23.1 Å². The number of nitrogens with one attached hydrogen (secondary N) is 1. The molecule has 28 heavy (non-hydrogen) atoms. The SMILES string of the molecule is CC1C=CC(c2nccs2)=CC1c1ccc2nc(NC(=O)[C@@H]3C[C@@H]3F)sc2c1. The van der Waals surface area contributed by atoms with E-state index in [1.165, 1.54) is 16.9 Å². The van der Waals surface area contributed by atoms with Crippen molar-refractivity contribution in [1.29, 1.82) is 0 Å². The largest absolute Gasteiger partial charge is 0.302 e. The van der Waals surface area contributed by atoms with Crippen LogP contribution < -0.4 is 5.32 Å².